The summed E-state index contributed by atoms with van der Waals surface area (Å²) in [5.41, 5.74) is 0. The molecule has 0 aromatic heterocycles. The van der Waals surface area contributed by atoms with Gasteiger partial charge in [0.05, 0.1) is 0 Å². The molecule has 148 valence electrons. The van der Waals surface area contributed by atoms with Crippen molar-refractivity contribution in [1.29, 1.82) is 5.26 Å². The highest BCUT2D eigenvalue weighted by molar-refractivity contribution is 9.12. The minimum atomic E-state index is -7.76. The van der Waals surface area contributed by atoms with Crippen molar-refractivity contribution in [3.05, 3.63) is 0 Å². The highest BCUT2D eigenvalue weighted by atomic mass is 79.9. The maximum atomic E-state index is 13.1. The lowest BCUT2D eigenvalue weighted by Crippen LogP contribution is -2.68. The van der Waals surface area contributed by atoms with E-state index in [-0.39, 0.29) is 0 Å². The van der Waals surface area contributed by atoms with E-state index in [4.69, 9.17) is 5.26 Å². The van der Waals surface area contributed by atoms with E-state index in [9.17, 15) is 57.1 Å². The van der Waals surface area contributed by atoms with Gasteiger partial charge in [0.15, 0.2) is 0 Å². The number of rotatable bonds is 7. The van der Waals surface area contributed by atoms with E-state index in [0.717, 1.165) is 31.9 Å². The van der Waals surface area contributed by atoms with Gasteiger partial charge < -0.3 is 0 Å². The van der Waals surface area contributed by atoms with Crippen LogP contribution in [0.4, 0.5) is 57.1 Å². The molecule has 0 spiro atoms. The SMILES string of the molecule is N#CC(F)(F)C(F)(F)C(F)(F)C(F)(F)C(F)(F)OC(F)(Br)C(F)(F)Br. The average Bonchev–Trinajstić information content (AvgIpc) is 2.35. The second-order valence-corrected chi connectivity index (χ2v) is 6.06. The fraction of sp³-hybridized carbons (Fsp3) is 0.875. The van der Waals surface area contributed by atoms with Crippen LogP contribution in [0, 0.1) is 11.3 Å². The molecule has 1 atom stereocenters. The van der Waals surface area contributed by atoms with E-state index in [1.807, 2.05) is 0 Å². The monoisotopic (exact) mass is 531 g/mol. The van der Waals surface area contributed by atoms with Crippen molar-refractivity contribution in [3.8, 4) is 6.07 Å². The number of halogens is 15. The molecule has 25 heavy (non-hydrogen) atoms. The molecule has 0 aliphatic heterocycles. The smallest absolute Gasteiger partial charge is 0.262 e. The van der Waals surface area contributed by atoms with Crippen molar-refractivity contribution in [3.63, 3.8) is 0 Å². The molecule has 0 aliphatic rings. The van der Waals surface area contributed by atoms with Gasteiger partial charge in [-0.15, -0.1) is 0 Å². The Balaban J connectivity index is 6.16. The second-order valence-electron chi connectivity index (χ2n) is 4.04. The summed E-state index contributed by atoms with van der Waals surface area (Å²) in [5.74, 6) is -29.5. The van der Waals surface area contributed by atoms with Crippen molar-refractivity contribution in [1.82, 2.24) is 0 Å². The lowest BCUT2D eigenvalue weighted by molar-refractivity contribution is -0.461. The van der Waals surface area contributed by atoms with Crippen molar-refractivity contribution in [2.45, 2.75) is 39.4 Å². The standard InChI is InChI=1S/C8Br2F13NO/c9-6(19,20)7(10,21)25-8(22,23)5(17,18)4(15,16)3(13,14)2(11,12)1-24. The molecule has 0 aromatic carbocycles. The summed E-state index contributed by atoms with van der Waals surface area (Å²) in [7, 11) is 0. The first-order valence-electron chi connectivity index (χ1n) is 4.97. The summed E-state index contributed by atoms with van der Waals surface area (Å²) in [6, 6.07) is -0.809. The third-order valence-electron chi connectivity index (χ3n) is 2.28. The normalized spacial score (nSPS) is 17.8. The summed E-state index contributed by atoms with van der Waals surface area (Å²) in [5, 5.41) is 7.60. The molecule has 1 unspecified atom stereocenters. The number of ether oxygens (including phenoxy) is 1. The van der Waals surface area contributed by atoms with Gasteiger partial charge in [-0.3, -0.25) is 4.74 Å². The first-order valence-corrected chi connectivity index (χ1v) is 6.55. The van der Waals surface area contributed by atoms with Gasteiger partial charge in [-0.25, -0.2) is 0 Å². The topological polar surface area (TPSA) is 33.0 Å². The molecule has 0 fully saturated rings. The van der Waals surface area contributed by atoms with E-state index in [1.54, 1.807) is 0 Å². The van der Waals surface area contributed by atoms with E-state index in [1.165, 1.54) is 0 Å². The van der Waals surface area contributed by atoms with Crippen molar-refractivity contribution in [2.24, 2.45) is 0 Å². The second kappa shape index (κ2) is 6.29. The zero-order valence-corrected chi connectivity index (χ0v) is 13.7. The van der Waals surface area contributed by atoms with Crippen LogP contribution in [-0.4, -0.2) is 39.4 Å². The van der Waals surface area contributed by atoms with Crippen LogP contribution in [0.1, 0.15) is 0 Å². The molecule has 0 heterocycles. The Morgan fingerprint density at radius 3 is 1.28 bits per heavy atom. The van der Waals surface area contributed by atoms with Gasteiger partial charge in [0.2, 0.25) is 0 Å². The quantitative estimate of drug-likeness (QED) is 0.313. The molecular formula is C8Br2F13NO. The highest BCUT2D eigenvalue weighted by Crippen LogP contribution is 2.59. The van der Waals surface area contributed by atoms with Crippen LogP contribution in [-0.2, 0) is 4.74 Å². The summed E-state index contributed by atoms with van der Waals surface area (Å²) < 4.78 is 163. The Morgan fingerprint density at radius 2 is 1.00 bits per heavy atom. The summed E-state index contributed by atoms with van der Waals surface area (Å²) in [6.45, 7) is 0. The van der Waals surface area contributed by atoms with Gasteiger partial charge in [-0.1, -0.05) is 0 Å². The van der Waals surface area contributed by atoms with E-state index in [0.29, 0.717) is 0 Å². The highest BCUT2D eigenvalue weighted by Gasteiger charge is 2.88. The van der Waals surface area contributed by atoms with Gasteiger partial charge in [-0.2, -0.15) is 62.3 Å². The number of alkyl halides is 15. The van der Waals surface area contributed by atoms with Crippen molar-refractivity contribution < 1.29 is 61.8 Å². The molecule has 0 aliphatic carbocycles. The molecule has 0 saturated carbocycles. The fourth-order valence-electron chi connectivity index (χ4n) is 0.930. The number of hydrogen-bond donors (Lipinski definition) is 0. The van der Waals surface area contributed by atoms with Gasteiger partial charge in [-0.05, 0) is 31.9 Å². The Bertz CT molecular complexity index is 549. The lowest BCUT2D eigenvalue weighted by Gasteiger charge is -2.38. The lowest BCUT2D eigenvalue weighted by atomic mass is 9.98. The molecule has 0 amide bonds. The summed E-state index contributed by atoms with van der Waals surface area (Å²) in [4.78, 5) is -5.30. The minimum absolute atomic E-state index is 0.809. The van der Waals surface area contributed by atoms with Crippen LogP contribution in [0.5, 0.6) is 0 Å². The first-order chi connectivity index (χ1) is 10.5. The molecule has 0 radical (unpaired) electrons. The number of nitriles is 1. The molecular weight excluding hydrogens is 533 g/mol. The molecule has 0 bridgehead atoms. The van der Waals surface area contributed by atoms with E-state index in [2.05, 4.69) is 4.74 Å². The Labute approximate surface area is 145 Å². The van der Waals surface area contributed by atoms with Crippen molar-refractivity contribution in [2.75, 3.05) is 0 Å². The van der Waals surface area contributed by atoms with Gasteiger partial charge in [0, 0.05) is 0 Å². The summed E-state index contributed by atoms with van der Waals surface area (Å²) >= 11 is 1.96. The zero-order chi connectivity index (χ0) is 20.9. The first kappa shape index (κ1) is 24.5. The molecule has 0 aromatic rings. The Morgan fingerprint density at radius 1 is 0.640 bits per heavy atom. The number of nitrogens with zero attached hydrogens (tertiary/aromatic N) is 1. The maximum Gasteiger partial charge on any atom is 0.429 e. The van der Waals surface area contributed by atoms with Crippen LogP contribution in [0.2, 0.25) is 0 Å². The fourth-order valence-corrected chi connectivity index (χ4v) is 1.21. The Kier molecular flexibility index (Phi) is 6.16. The minimum Gasteiger partial charge on any atom is -0.262 e. The van der Waals surface area contributed by atoms with Gasteiger partial charge >= 0.3 is 39.4 Å². The Hall–Kier alpha value is -0.500. The van der Waals surface area contributed by atoms with Gasteiger partial charge in [0.1, 0.15) is 6.07 Å². The maximum absolute atomic E-state index is 13.1. The van der Waals surface area contributed by atoms with Gasteiger partial charge in [0.25, 0.3) is 0 Å². The van der Waals surface area contributed by atoms with Crippen LogP contribution < -0.4 is 0 Å². The van der Waals surface area contributed by atoms with Crippen molar-refractivity contribution >= 4 is 31.9 Å². The molecule has 0 N–H and O–H groups in total. The van der Waals surface area contributed by atoms with Crippen LogP contribution in [0.25, 0.3) is 0 Å². The molecule has 17 heteroatoms. The predicted octanol–water partition coefficient (Wildman–Crippen LogP) is 5.67. The molecule has 2 nitrogen and oxygen atoms in total. The third kappa shape index (κ3) is 3.80. The molecule has 0 saturated heterocycles. The van der Waals surface area contributed by atoms with Crippen LogP contribution >= 0.6 is 31.9 Å². The summed E-state index contributed by atoms with van der Waals surface area (Å²) in [6.07, 6.45) is -7.19. The predicted molar refractivity (Wildman–Crippen MR) is 58.1 cm³/mol. The number of hydrogen-bond acceptors (Lipinski definition) is 2. The van der Waals surface area contributed by atoms with Crippen LogP contribution in [0.15, 0.2) is 0 Å². The average molecular weight is 533 g/mol. The third-order valence-corrected chi connectivity index (χ3v) is 3.98. The zero-order valence-electron chi connectivity index (χ0n) is 10.5. The van der Waals surface area contributed by atoms with E-state index >= 15 is 0 Å². The largest absolute Gasteiger partial charge is 0.429 e. The molecule has 0 rings (SSSR count). The van der Waals surface area contributed by atoms with Crippen LogP contribution in [0.3, 0.4) is 0 Å². The van der Waals surface area contributed by atoms with E-state index < -0.39 is 45.5 Å².